The van der Waals surface area contributed by atoms with E-state index in [0.29, 0.717) is 35.0 Å². The molecule has 1 aromatic carbocycles. The molecule has 0 fully saturated rings. The number of nitrogens with two attached hydrogens (primary N) is 2. The molecule has 1 unspecified atom stereocenters. The van der Waals surface area contributed by atoms with Crippen LogP contribution in [-0.4, -0.2) is 76.9 Å². The first-order chi connectivity index (χ1) is 20.5. The Labute approximate surface area is 243 Å². The van der Waals surface area contributed by atoms with Crippen molar-refractivity contribution in [3.8, 4) is 0 Å². The fraction of sp³-hybridized carbons (Fsp3) is 0.231. The number of carboxylic acids is 2. The SMILES string of the molecule is CN(Cc1ncc2nc(C3(N)N=C(N)c4nccnc4N3)cnc2n1)c1ccc(C(=O)N[C@@H](CCC(=O)O)C(=O)O)cc1. The lowest BCUT2D eigenvalue weighted by Crippen LogP contribution is -2.48. The second-order valence-corrected chi connectivity index (χ2v) is 9.59. The molecule has 3 aromatic heterocycles. The highest BCUT2D eigenvalue weighted by Gasteiger charge is 2.35. The van der Waals surface area contributed by atoms with E-state index in [1.807, 2.05) is 4.90 Å². The fourth-order valence-corrected chi connectivity index (χ4v) is 4.24. The number of fused-ring (bicyclic) bond motifs is 2. The van der Waals surface area contributed by atoms with Gasteiger partial charge >= 0.3 is 11.9 Å². The van der Waals surface area contributed by atoms with E-state index >= 15 is 0 Å². The minimum absolute atomic E-state index is 0.106. The molecule has 0 saturated carbocycles. The lowest BCUT2D eigenvalue weighted by atomic mass is 10.1. The Morgan fingerprint density at radius 3 is 2.51 bits per heavy atom. The van der Waals surface area contributed by atoms with Crippen molar-refractivity contribution in [1.82, 2.24) is 35.2 Å². The van der Waals surface area contributed by atoms with Crippen LogP contribution in [0.3, 0.4) is 0 Å². The zero-order chi connectivity index (χ0) is 30.7. The number of hydrogen-bond acceptors (Lipinski definition) is 14. The summed E-state index contributed by atoms with van der Waals surface area (Å²) in [6.45, 7) is 0.292. The summed E-state index contributed by atoms with van der Waals surface area (Å²) in [6, 6.07) is 5.12. The highest BCUT2D eigenvalue weighted by Crippen LogP contribution is 2.27. The first-order valence-electron chi connectivity index (χ1n) is 12.8. The van der Waals surface area contributed by atoms with Crippen LogP contribution in [0, 0.1) is 0 Å². The Bertz CT molecular complexity index is 1750. The minimum Gasteiger partial charge on any atom is -0.481 e. The average molecular weight is 587 g/mol. The van der Waals surface area contributed by atoms with E-state index < -0.39 is 29.7 Å². The van der Waals surface area contributed by atoms with Gasteiger partial charge in [0.05, 0.1) is 18.9 Å². The topological polar surface area (TPSA) is 261 Å². The van der Waals surface area contributed by atoms with E-state index in [0.717, 1.165) is 5.69 Å². The van der Waals surface area contributed by atoms with Gasteiger partial charge in [-0.05, 0) is 30.7 Å². The van der Waals surface area contributed by atoms with E-state index in [2.05, 4.69) is 45.5 Å². The number of aliphatic imine (C=N–C) groups is 1. The number of nitrogens with zero attached hydrogens (tertiary/aromatic N) is 8. The van der Waals surface area contributed by atoms with Crippen LogP contribution in [0.5, 0.6) is 0 Å². The Hall–Kier alpha value is -5.84. The summed E-state index contributed by atoms with van der Waals surface area (Å²) in [4.78, 5) is 67.0. The number of anilines is 2. The van der Waals surface area contributed by atoms with Crippen LogP contribution in [0.25, 0.3) is 11.2 Å². The van der Waals surface area contributed by atoms with Crippen LogP contribution in [0.4, 0.5) is 11.5 Å². The molecular weight excluding hydrogens is 560 g/mol. The first-order valence-corrected chi connectivity index (χ1v) is 12.8. The predicted octanol–water partition coefficient (Wildman–Crippen LogP) is -0.206. The molecule has 1 amide bonds. The number of aliphatic carboxylic acids is 2. The second-order valence-electron chi connectivity index (χ2n) is 9.59. The van der Waals surface area contributed by atoms with Crippen molar-refractivity contribution < 1.29 is 24.6 Å². The molecule has 4 aromatic rings. The number of aromatic nitrogens is 6. The summed E-state index contributed by atoms with van der Waals surface area (Å²) in [5.74, 6) is -3.69. The Morgan fingerprint density at radius 2 is 1.79 bits per heavy atom. The zero-order valence-corrected chi connectivity index (χ0v) is 22.7. The van der Waals surface area contributed by atoms with Gasteiger partial charge in [-0.25, -0.2) is 39.7 Å². The molecule has 2 atom stereocenters. The van der Waals surface area contributed by atoms with Crippen LogP contribution in [0.2, 0.25) is 0 Å². The number of nitrogens with one attached hydrogen (secondary N) is 2. The van der Waals surface area contributed by atoms with Crippen molar-refractivity contribution in [3.05, 3.63) is 71.8 Å². The Morgan fingerprint density at radius 1 is 1.05 bits per heavy atom. The summed E-state index contributed by atoms with van der Waals surface area (Å²) in [7, 11) is 1.81. The Kier molecular flexibility index (Phi) is 7.72. The molecule has 17 heteroatoms. The number of benzene rings is 1. The van der Waals surface area contributed by atoms with E-state index in [1.54, 1.807) is 19.2 Å². The summed E-state index contributed by atoms with van der Waals surface area (Å²) >= 11 is 0. The van der Waals surface area contributed by atoms with Gasteiger partial charge in [-0.15, -0.1) is 0 Å². The van der Waals surface area contributed by atoms with Gasteiger partial charge in [0.1, 0.15) is 28.8 Å². The highest BCUT2D eigenvalue weighted by atomic mass is 16.4. The molecule has 0 radical (unpaired) electrons. The van der Waals surface area contributed by atoms with Gasteiger partial charge in [0.15, 0.2) is 17.3 Å². The minimum atomic E-state index is -1.52. The zero-order valence-electron chi connectivity index (χ0n) is 22.7. The van der Waals surface area contributed by atoms with E-state index in [1.165, 1.54) is 36.9 Å². The molecule has 1 aliphatic heterocycles. The number of amides is 1. The molecule has 0 aliphatic carbocycles. The smallest absolute Gasteiger partial charge is 0.326 e. The van der Waals surface area contributed by atoms with Crippen LogP contribution >= 0.6 is 0 Å². The summed E-state index contributed by atoms with van der Waals surface area (Å²) in [5.41, 5.74) is 14.8. The summed E-state index contributed by atoms with van der Waals surface area (Å²) < 4.78 is 0. The monoisotopic (exact) mass is 586 g/mol. The van der Waals surface area contributed by atoms with E-state index in [4.69, 9.17) is 16.6 Å². The number of hydrogen-bond donors (Lipinski definition) is 6. The van der Waals surface area contributed by atoms with Crippen LogP contribution < -0.4 is 27.0 Å². The van der Waals surface area contributed by atoms with Crippen molar-refractivity contribution >= 4 is 46.4 Å². The van der Waals surface area contributed by atoms with Gasteiger partial charge in [0.25, 0.3) is 5.91 Å². The van der Waals surface area contributed by atoms with Crippen molar-refractivity contribution in [3.63, 3.8) is 0 Å². The molecular formula is C26H26N12O5. The third-order valence-corrected chi connectivity index (χ3v) is 6.49. The van der Waals surface area contributed by atoms with E-state index in [-0.39, 0.29) is 29.9 Å². The first kappa shape index (κ1) is 28.7. The van der Waals surface area contributed by atoms with Crippen LogP contribution in [0.1, 0.15) is 40.4 Å². The van der Waals surface area contributed by atoms with E-state index in [9.17, 15) is 19.5 Å². The molecule has 1 aliphatic rings. The maximum Gasteiger partial charge on any atom is 0.326 e. The number of carbonyl (C=O) groups excluding carboxylic acids is 1. The standard InChI is InChI=1S/C26H26N12O5/c1-38(14-4-2-13(3-5-14)24(41)34-15(25(42)43)6-7-19(39)40)12-18-31-10-16-22(35-18)32-11-17(33-16)26(28)36-21(27)20-23(37-26)30-9-8-29-20/h2-5,8-11,15H,6-7,12,28H2,1H3,(H2,27,36)(H,30,37)(H,34,41)(H,39,40)(H,42,43)/t15-,26?/m0/s1. The highest BCUT2D eigenvalue weighted by molar-refractivity contribution is 6.01. The molecule has 43 heavy (non-hydrogen) atoms. The van der Waals surface area contributed by atoms with Gasteiger partial charge in [0.2, 0.25) is 5.79 Å². The van der Waals surface area contributed by atoms with Gasteiger partial charge in [-0.2, -0.15) is 0 Å². The third-order valence-electron chi connectivity index (χ3n) is 6.49. The lowest BCUT2D eigenvalue weighted by Gasteiger charge is -2.30. The maximum atomic E-state index is 12.5. The van der Waals surface area contributed by atoms with Gasteiger partial charge in [0, 0.05) is 37.1 Å². The molecule has 0 saturated heterocycles. The molecule has 4 heterocycles. The largest absolute Gasteiger partial charge is 0.481 e. The molecule has 220 valence electrons. The van der Waals surface area contributed by atoms with Gasteiger partial charge < -0.3 is 31.5 Å². The van der Waals surface area contributed by atoms with Crippen LogP contribution in [0.15, 0.2) is 54.0 Å². The summed E-state index contributed by atoms with van der Waals surface area (Å²) in [6.07, 6.45) is 5.34. The number of amidine groups is 1. The normalized spacial score (nSPS) is 16.4. The third kappa shape index (κ3) is 6.25. The fourth-order valence-electron chi connectivity index (χ4n) is 4.24. The predicted molar refractivity (Wildman–Crippen MR) is 152 cm³/mol. The lowest BCUT2D eigenvalue weighted by molar-refractivity contribution is -0.140. The molecule has 0 bridgehead atoms. The second kappa shape index (κ2) is 11.6. The van der Waals surface area contributed by atoms with Crippen LogP contribution in [-0.2, 0) is 21.9 Å². The Balaban J connectivity index is 1.26. The number of rotatable bonds is 10. The molecule has 5 rings (SSSR count). The average Bonchev–Trinajstić information content (AvgIpc) is 2.98. The number of carbonyl (C=O) groups is 3. The molecule has 0 spiro atoms. The maximum absolute atomic E-state index is 12.5. The van der Waals surface area contributed by atoms with Crippen molar-refractivity contribution in [2.24, 2.45) is 16.5 Å². The molecule has 17 nitrogen and oxygen atoms in total. The van der Waals surface area contributed by atoms with Gasteiger partial charge in [-0.3, -0.25) is 15.3 Å². The van der Waals surface area contributed by atoms with Crippen molar-refractivity contribution in [1.29, 1.82) is 0 Å². The number of carboxylic acid groups (broad SMARTS) is 2. The van der Waals surface area contributed by atoms with Gasteiger partial charge in [-0.1, -0.05) is 0 Å². The van der Waals surface area contributed by atoms with Crippen molar-refractivity contribution in [2.45, 2.75) is 31.2 Å². The molecule has 8 N–H and O–H groups in total. The quantitative estimate of drug-likeness (QED) is 0.140. The summed E-state index contributed by atoms with van der Waals surface area (Å²) in [5, 5.41) is 23.4. The van der Waals surface area contributed by atoms with Crippen molar-refractivity contribution in [2.75, 3.05) is 17.3 Å².